The van der Waals surface area contributed by atoms with Crippen LogP contribution in [0, 0.1) is 5.92 Å². The standard InChI is InChI=1S/C9H11F2N3O/c1-5(6-2-3-6)14-8(9(10)11)7(4-15)12-13-14/h4-6,9H,2-3H2,1H3. The third-order valence-corrected chi connectivity index (χ3v) is 2.77. The molecule has 1 aliphatic carbocycles. The first-order valence-electron chi connectivity index (χ1n) is 4.83. The van der Waals surface area contributed by atoms with Gasteiger partial charge in [0.2, 0.25) is 0 Å². The van der Waals surface area contributed by atoms with E-state index in [1.54, 1.807) is 0 Å². The highest BCUT2D eigenvalue weighted by Crippen LogP contribution is 2.40. The Kier molecular flexibility index (Phi) is 2.50. The van der Waals surface area contributed by atoms with Crippen molar-refractivity contribution in [2.75, 3.05) is 0 Å². The van der Waals surface area contributed by atoms with Gasteiger partial charge in [-0.15, -0.1) is 5.10 Å². The maximum atomic E-state index is 12.7. The molecule has 1 atom stereocenters. The van der Waals surface area contributed by atoms with Crippen LogP contribution in [-0.4, -0.2) is 21.3 Å². The first kappa shape index (κ1) is 10.2. The Labute approximate surface area is 85.3 Å². The molecule has 4 nitrogen and oxygen atoms in total. The molecule has 0 aliphatic heterocycles. The zero-order chi connectivity index (χ0) is 11.0. The number of carbonyl (C=O) groups is 1. The molecule has 0 spiro atoms. The van der Waals surface area contributed by atoms with Crippen LogP contribution in [0.5, 0.6) is 0 Å². The first-order chi connectivity index (χ1) is 7.15. The maximum Gasteiger partial charge on any atom is 0.282 e. The first-order valence-corrected chi connectivity index (χ1v) is 4.83. The number of carbonyl (C=O) groups excluding carboxylic acids is 1. The highest BCUT2D eigenvalue weighted by Gasteiger charge is 2.33. The van der Waals surface area contributed by atoms with E-state index in [0.29, 0.717) is 12.2 Å². The summed E-state index contributed by atoms with van der Waals surface area (Å²) in [5.41, 5.74) is -0.609. The van der Waals surface area contributed by atoms with Gasteiger partial charge >= 0.3 is 0 Å². The molecule has 1 saturated carbocycles. The summed E-state index contributed by atoms with van der Waals surface area (Å²) in [5.74, 6) is 0.392. The number of hydrogen-bond donors (Lipinski definition) is 0. The van der Waals surface area contributed by atoms with Crippen LogP contribution in [0.25, 0.3) is 0 Å². The lowest BCUT2D eigenvalue weighted by Gasteiger charge is -2.13. The lowest BCUT2D eigenvalue weighted by molar-refractivity contribution is 0.109. The fraction of sp³-hybridized carbons (Fsp3) is 0.667. The smallest absolute Gasteiger partial charge is 0.282 e. The second-order valence-electron chi connectivity index (χ2n) is 3.80. The molecule has 1 aromatic heterocycles. The monoisotopic (exact) mass is 215 g/mol. The van der Waals surface area contributed by atoms with Crippen LogP contribution < -0.4 is 0 Å². The second kappa shape index (κ2) is 3.67. The van der Waals surface area contributed by atoms with E-state index in [2.05, 4.69) is 10.3 Å². The number of aromatic nitrogens is 3. The van der Waals surface area contributed by atoms with E-state index >= 15 is 0 Å². The topological polar surface area (TPSA) is 47.8 Å². The minimum absolute atomic E-state index is 0.102. The normalized spacial score (nSPS) is 18.1. The van der Waals surface area contributed by atoms with E-state index in [9.17, 15) is 13.6 Å². The van der Waals surface area contributed by atoms with Crippen molar-refractivity contribution in [2.45, 2.75) is 32.2 Å². The van der Waals surface area contributed by atoms with Crippen LogP contribution >= 0.6 is 0 Å². The molecule has 0 bridgehead atoms. The molecule has 1 aliphatic rings. The van der Waals surface area contributed by atoms with Crippen molar-refractivity contribution in [3.05, 3.63) is 11.4 Å². The molecule has 0 N–H and O–H groups in total. The Hall–Kier alpha value is -1.33. The Bertz CT molecular complexity index is 373. The highest BCUT2D eigenvalue weighted by molar-refractivity contribution is 5.73. The van der Waals surface area contributed by atoms with Gasteiger partial charge in [0.15, 0.2) is 12.0 Å². The summed E-state index contributed by atoms with van der Waals surface area (Å²) in [6, 6.07) is -0.102. The van der Waals surface area contributed by atoms with Gasteiger partial charge in [-0.2, -0.15) is 0 Å². The van der Waals surface area contributed by atoms with Crippen LogP contribution in [0.15, 0.2) is 0 Å². The molecule has 0 radical (unpaired) electrons. The molecular weight excluding hydrogens is 204 g/mol. The zero-order valence-corrected chi connectivity index (χ0v) is 8.23. The highest BCUT2D eigenvalue weighted by atomic mass is 19.3. The number of hydrogen-bond acceptors (Lipinski definition) is 3. The van der Waals surface area contributed by atoms with Crippen molar-refractivity contribution in [3.63, 3.8) is 0 Å². The Morgan fingerprint density at radius 1 is 1.53 bits per heavy atom. The van der Waals surface area contributed by atoms with Crippen molar-refractivity contribution in [2.24, 2.45) is 5.92 Å². The van der Waals surface area contributed by atoms with Gasteiger partial charge in [0.1, 0.15) is 5.69 Å². The summed E-state index contributed by atoms with van der Waals surface area (Å²) >= 11 is 0. The molecule has 1 heterocycles. The van der Waals surface area contributed by atoms with Crippen molar-refractivity contribution in [1.29, 1.82) is 0 Å². The summed E-state index contributed by atoms with van der Waals surface area (Å²) in [6.07, 6.45) is -0.327. The fourth-order valence-corrected chi connectivity index (χ4v) is 1.69. The minimum atomic E-state index is -2.71. The quantitative estimate of drug-likeness (QED) is 0.721. The molecule has 6 heteroatoms. The summed E-state index contributed by atoms with van der Waals surface area (Å²) in [6.45, 7) is 1.83. The minimum Gasteiger partial charge on any atom is -0.296 e. The van der Waals surface area contributed by atoms with Gasteiger partial charge in [0, 0.05) is 0 Å². The van der Waals surface area contributed by atoms with Crippen LogP contribution in [0.1, 0.15) is 48.4 Å². The van der Waals surface area contributed by atoms with Crippen LogP contribution in [0.3, 0.4) is 0 Å². The lowest BCUT2D eigenvalue weighted by atomic mass is 10.2. The molecule has 0 saturated heterocycles. The molecule has 1 aromatic rings. The van der Waals surface area contributed by atoms with E-state index in [1.165, 1.54) is 4.68 Å². The van der Waals surface area contributed by atoms with E-state index in [-0.39, 0.29) is 17.4 Å². The molecule has 2 rings (SSSR count). The van der Waals surface area contributed by atoms with Crippen molar-refractivity contribution in [1.82, 2.24) is 15.0 Å². The van der Waals surface area contributed by atoms with Gasteiger partial charge in [-0.1, -0.05) is 5.21 Å². The lowest BCUT2D eigenvalue weighted by Crippen LogP contribution is -2.13. The van der Waals surface area contributed by atoms with Gasteiger partial charge in [-0.05, 0) is 25.7 Å². The van der Waals surface area contributed by atoms with Crippen LogP contribution in [-0.2, 0) is 0 Å². The summed E-state index contributed by atoms with van der Waals surface area (Å²) in [5, 5.41) is 7.08. The van der Waals surface area contributed by atoms with E-state index < -0.39 is 6.43 Å². The Morgan fingerprint density at radius 2 is 2.20 bits per heavy atom. The van der Waals surface area contributed by atoms with E-state index in [4.69, 9.17) is 0 Å². The predicted octanol–water partition coefficient (Wildman–Crippen LogP) is 2.00. The van der Waals surface area contributed by atoms with E-state index in [1.807, 2.05) is 6.92 Å². The van der Waals surface area contributed by atoms with Gasteiger partial charge in [-0.3, -0.25) is 4.79 Å². The van der Waals surface area contributed by atoms with Crippen LogP contribution in [0.2, 0.25) is 0 Å². The predicted molar refractivity (Wildman–Crippen MR) is 47.8 cm³/mol. The Balaban J connectivity index is 2.36. The molecule has 1 unspecified atom stereocenters. The molecule has 82 valence electrons. The number of aldehydes is 1. The third kappa shape index (κ3) is 1.75. The summed E-state index contributed by atoms with van der Waals surface area (Å²) in [7, 11) is 0. The molecule has 1 fully saturated rings. The van der Waals surface area contributed by atoms with Crippen LogP contribution in [0.4, 0.5) is 8.78 Å². The van der Waals surface area contributed by atoms with Crippen molar-refractivity contribution in [3.8, 4) is 0 Å². The fourth-order valence-electron chi connectivity index (χ4n) is 1.69. The third-order valence-electron chi connectivity index (χ3n) is 2.77. The summed E-state index contributed by atoms with van der Waals surface area (Å²) < 4.78 is 26.6. The maximum absolute atomic E-state index is 12.7. The van der Waals surface area contributed by atoms with E-state index in [0.717, 1.165) is 12.8 Å². The second-order valence-corrected chi connectivity index (χ2v) is 3.80. The summed E-state index contributed by atoms with van der Waals surface area (Å²) in [4.78, 5) is 10.5. The SMILES string of the molecule is CC(C1CC1)n1nnc(C=O)c1C(F)F. The van der Waals surface area contributed by atoms with Gasteiger partial charge < -0.3 is 0 Å². The average Bonchev–Trinajstić information content (AvgIpc) is 2.95. The number of rotatable bonds is 4. The Morgan fingerprint density at radius 3 is 2.67 bits per heavy atom. The number of alkyl halides is 2. The largest absolute Gasteiger partial charge is 0.296 e. The average molecular weight is 215 g/mol. The molecule has 0 aromatic carbocycles. The molecule has 15 heavy (non-hydrogen) atoms. The van der Waals surface area contributed by atoms with Gasteiger partial charge in [0.05, 0.1) is 6.04 Å². The van der Waals surface area contributed by atoms with Gasteiger partial charge in [-0.25, -0.2) is 13.5 Å². The number of halogens is 2. The zero-order valence-electron chi connectivity index (χ0n) is 8.23. The molecule has 0 amide bonds. The van der Waals surface area contributed by atoms with Gasteiger partial charge in [0.25, 0.3) is 6.43 Å². The number of nitrogens with zero attached hydrogens (tertiary/aromatic N) is 3. The van der Waals surface area contributed by atoms with Crippen molar-refractivity contribution >= 4 is 6.29 Å². The van der Waals surface area contributed by atoms with Crippen molar-refractivity contribution < 1.29 is 13.6 Å². The molecular formula is C9H11F2N3O.